The smallest absolute Gasteiger partial charge is 0.170 e. The van der Waals surface area contributed by atoms with E-state index >= 15 is 0 Å². The summed E-state index contributed by atoms with van der Waals surface area (Å²) in [5, 5.41) is 6.98. The molecule has 124 valence electrons. The van der Waals surface area contributed by atoms with Crippen LogP contribution in [0.25, 0.3) is 0 Å². The highest BCUT2D eigenvalue weighted by molar-refractivity contribution is 7.80. The number of nitrogens with zero attached hydrogens (tertiary/aromatic N) is 1. The van der Waals surface area contributed by atoms with Gasteiger partial charge < -0.3 is 25.0 Å². The Bertz CT molecular complexity index is 467. The lowest BCUT2D eigenvalue weighted by Crippen LogP contribution is -2.30. The number of hydrogen-bond donors (Lipinski definition) is 2. The number of thiocarbonyl (C=S) groups is 1. The summed E-state index contributed by atoms with van der Waals surface area (Å²) in [4.78, 5) is 2.15. The monoisotopic (exact) mass is 325 g/mol. The van der Waals surface area contributed by atoms with Crippen molar-refractivity contribution < 1.29 is 9.47 Å². The van der Waals surface area contributed by atoms with Gasteiger partial charge in [-0.05, 0) is 65.3 Å². The van der Waals surface area contributed by atoms with E-state index in [0.717, 1.165) is 36.7 Å². The Kier molecular flexibility index (Phi) is 8.62. The van der Waals surface area contributed by atoms with Gasteiger partial charge >= 0.3 is 0 Å². The summed E-state index contributed by atoms with van der Waals surface area (Å²) in [6.45, 7) is 6.99. The van der Waals surface area contributed by atoms with Crippen molar-refractivity contribution in [3.63, 3.8) is 0 Å². The van der Waals surface area contributed by atoms with Crippen LogP contribution < -0.4 is 20.1 Å². The third-order valence-electron chi connectivity index (χ3n) is 2.87. The van der Waals surface area contributed by atoms with Crippen molar-refractivity contribution in [2.24, 2.45) is 0 Å². The van der Waals surface area contributed by atoms with E-state index in [4.69, 9.17) is 21.7 Å². The molecule has 0 aliphatic rings. The van der Waals surface area contributed by atoms with E-state index in [-0.39, 0.29) is 0 Å². The van der Waals surface area contributed by atoms with Gasteiger partial charge in [-0.1, -0.05) is 0 Å². The summed E-state index contributed by atoms with van der Waals surface area (Å²) in [6.07, 6.45) is 1.04. The van der Waals surface area contributed by atoms with Crippen LogP contribution in [-0.4, -0.2) is 50.4 Å². The zero-order chi connectivity index (χ0) is 16.4. The normalized spacial score (nSPS) is 10.4. The summed E-state index contributed by atoms with van der Waals surface area (Å²) in [7, 11) is 4.12. The van der Waals surface area contributed by atoms with Gasteiger partial charge in [-0.25, -0.2) is 0 Å². The van der Waals surface area contributed by atoms with Crippen molar-refractivity contribution in [3.05, 3.63) is 18.2 Å². The largest absolute Gasteiger partial charge is 0.490 e. The fourth-order valence-electron chi connectivity index (χ4n) is 1.90. The van der Waals surface area contributed by atoms with Crippen molar-refractivity contribution in [2.45, 2.75) is 20.3 Å². The van der Waals surface area contributed by atoms with Crippen LogP contribution in [0.5, 0.6) is 11.5 Å². The van der Waals surface area contributed by atoms with E-state index in [9.17, 15) is 0 Å². The first-order valence-electron chi connectivity index (χ1n) is 7.66. The van der Waals surface area contributed by atoms with Gasteiger partial charge in [-0.3, -0.25) is 0 Å². The maximum Gasteiger partial charge on any atom is 0.170 e. The summed E-state index contributed by atoms with van der Waals surface area (Å²) in [5.41, 5.74) is 0.886. The topological polar surface area (TPSA) is 45.8 Å². The average molecular weight is 325 g/mol. The summed E-state index contributed by atoms with van der Waals surface area (Å²) >= 11 is 5.30. The molecular formula is C16H27N3O2S. The summed E-state index contributed by atoms with van der Waals surface area (Å²) in [6, 6.07) is 5.73. The van der Waals surface area contributed by atoms with Crippen LogP contribution in [0.2, 0.25) is 0 Å². The van der Waals surface area contributed by atoms with Crippen molar-refractivity contribution in [1.82, 2.24) is 10.2 Å². The molecule has 1 aromatic carbocycles. The first-order valence-corrected chi connectivity index (χ1v) is 8.06. The second-order valence-corrected chi connectivity index (χ2v) is 5.47. The first kappa shape index (κ1) is 18.5. The SMILES string of the molecule is CCOc1ccc(NC(=S)NCCCN(C)C)cc1OCC. The van der Waals surface area contributed by atoms with Gasteiger partial charge in [0.15, 0.2) is 16.6 Å². The standard InChI is InChI=1S/C16H27N3O2S/c1-5-20-14-9-8-13(12-15(14)21-6-2)18-16(22)17-10-7-11-19(3)4/h8-9,12H,5-7,10-11H2,1-4H3,(H2,17,18,22). The van der Waals surface area contributed by atoms with Gasteiger partial charge in [-0.15, -0.1) is 0 Å². The van der Waals surface area contributed by atoms with Gasteiger partial charge in [0.25, 0.3) is 0 Å². The average Bonchev–Trinajstić information content (AvgIpc) is 2.46. The predicted molar refractivity (Wildman–Crippen MR) is 96.2 cm³/mol. The minimum atomic E-state index is 0.594. The molecule has 0 aliphatic carbocycles. The lowest BCUT2D eigenvalue weighted by Gasteiger charge is -2.15. The third kappa shape index (κ3) is 6.95. The molecule has 2 N–H and O–H groups in total. The second kappa shape index (κ2) is 10.2. The molecule has 0 unspecified atom stereocenters. The Labute approximate surface area is 139 Å². The van der Waals surface area contributed by atoms with Gasteiger partial charge in [0.05, 0.1) is 13.2 Å². The van der Waals surface area contributed by atoms with Crippen molar-refractivity contribution in [2.75, 3.05) is 45.7 Å². The molecule has 0 atom stereocenters. The Morgan fingerprint density at radius 3 is 2.45 bits per heavy atom. The van der Waals surface area contributed by atoms with Crippen molar-refractivity contribution in [3.8, 4) is 11.5 Å². The number of ether oxygens (including phenoxy) is 2. The fourth-order valence-corrected chi connectivity index (χ4v) is 2.12. The van der Waals surface area contributed by atoms with Crippen LogP contribution in [0.1, 0.15) is 20.3 Å². The second-order valence-electron chi connectivity index (χ2n) is 5.07. The molecule has 0 saturated heterocycles. The third-order valence-corrected chi connectivity index (χ3v) is 3.12. The fraction of sp³-hybridized carbons (Fsp3) is 0.562. The molecule has 1 aromatic rings. The Balaban J connectivity index is 2.53. The molecule has 0 amide bonds. The van der Waals surface area contributed by atoms with Gasteiger partial charge in [0, 0.05) is 18.3 Å². The maximum atomic E-state index is 5.60. The van der Waals surface area contributed by atoms with Crippen LogP contribution >= 0.6 is 12.2 Å². The lowest BCUT2D eigenvalue weighted by molar-refractivity contribution is 0.288. The van der Waals surface area contributed by atoms with Crippen LogP contribution in [0, 0.1) is 0 Å². The van der Waals surface area contributed by atoms with E-state index < -0.39 is 0 Å². The molecular weight excluding hydrogens is 298 g/mol. The molecule has 0 bridgehead atoms. The van der Waals surface area contributed by atoms with E-state index in [2.05, 4.69) is 29.6 Å². The van der Waals surface area contributed by atoms with Crippen molar-refractivity contribution >= 4 is 23.0 Å². The molecule has 0 heterocycles. The number of benzene rings is 1. The first-order chi connectivity index (χ1) is 10.6. The van der Waals surface area contributed by atoms with Crippen LogP contribution in [0.15, 0.2) is 18.2 Å². The minimum Gasteiger partial charge on any atom is -0.490 e. The highest BCUT2D eigenvalue weighted by Gasteiger charge is 2.07. The van der Waals surface area contributed by atoms with Crippen LogP contribution in [-0.2, 0) is 0 Å². The highest BCUT2D eigenvalue weighted by Crippen LogP contribution is 2.30. The zero-order valence-corrected chi connectivity index (χ0v) is 14.8. The Morgan fingerprint density at radius 2 is 1.82 bits per heavy atom. The van der Waals surface area contributed by atoms with E-state index in [0.29, 0.717) is 18.3 Å². The maximum absolute atomic E-state index is 5.60. The molecule has 0 radical (unpaired) electrons. The predicted octanol–water partition coefficient (Wildman–Crippen LogP) is 2.72. The Morgan fingerprint density at radius 1 is 1.14 bits per heavy atom. The van der Waals surface area contributed by atoms with E-state index in [1.807, 2.05) is 32.0 Å². The van der Waals surface area contributed by atoms with Crippen LogP contribution in [0.3, 0.4) is 0 Å². The van der Waals surface area contributed by atoms with Gasteiger partial charge in [0.1, 0.15) is 0 Å². The van der Waals surface area contributed by atoms with Gasteiger partial charge in [-0.2, -0.15) is 0 Å². The summed E-state index contributed by atoms with van der Waals surface area (Å²) in [5.74, 6) is 1.48. The van der Waals surface area contributed by atoms with E-state index in [1.54, 1.807) is 0 Å². The van der Waals surface area contributed by atoms with E-state index in [1.165, 1.54) is 0 Å². The minimum absolute atomic E-state index is 0.594. The molecule has 5 nitrogen and oxygen atoms in total. The molecule has 0 aliphatic heterocycles. The molecule has 22 heavy (non-hydrogen) atoms. The number of rotatable bonds is 9. The van der Waals surface area contributed by atoms with Crippen molar-refractivity contribution in [1.29, 1.82) is 0 Å². The number of anilines is 1. The highest BCUT2D eigenvalue weighted by atomic mass is 32.1. The number of nitrogens with one attached hydrogen (secondary N) is 2. The lowest BCUT2D eigenvalue weighted by atomic mass is 10.2. The zero-order valence-electron chi connectivity index (χ0n) is 13.9. The molecule has 6 heteroatoms. The molecule has 0 aromatic heterocycles. The number of hydrogen-bond acceptors (Lipinski definition) is 4. The van der Waals surface area contributed by atoms with Gasteiger partial charge in [0.2, 0.25) is 0 Å². The summed E-state index contributed by atoms with van der Waals surface area (Å²) < 4.78 is 11.1. The van der Waals surface area contributed by atoms with Crippen LogP contribution in [0.4, 0.5) is 5.69 Å². The molecule has 0 saturated carbocycles. The molecule has 1 rings (SSSR count). The molecule has 0 spiro atoms. The quantitative estimate of drug-likeness (QED) is 0.538. The Hall–Kier alpha value is -1.53. The molecule has 0 fully saturated rings.